The lowest BCUT2D eigenvalue weighted by molar-refractivity contribution is -0.204. The standard InChI is InChI=1S/C32H51O5/c1-18-16-22(27(29(5,6)35)36-19(2)33)37-23-17-32(9)21-10-11-24-28(3,4)25(34)13-14-30(24,7)20(21)12-15-31(32,8)26(18)23/h12,17-18,21-27,34-35H,10-11,13-16H2,1-9H3/t18-,21?,22?,23?,24+,25+,26+,27+,30-,31-,32+/m1/s1. The number of rotatable bonds is 3. The molecule has 2 N–H and O–H groups in total. The molecule has 0 spiro atoms. The largest absolute Gasteiger partial charge is 0.457 e. The van der Waals surface area contributed by atoms with Gasteiger partial charge in [0.15, 0.2) is 6.10 Å². The van der Waals surface area contributed by atoms with Crippen molar-refractivity contribution in [1.29, 1.82) is 0 Å². The smallest absolute Gasteiger partial charge is 0.303 e. The maximum absolute atomic E-state index is 11.9. The number of aliphatic hydroxyl groups excluding tert-OH is 1. The number of aliphatic hydroxyl groups is 2. The highest BCUT2D eigenvalue weighted by Gasteiger charge is 2.69. The van der Waals surface area contributed by atoms with Gasteiger partial charge in [0.05, 0.1) is 23.9 Å². The zero-order valence-electron chi connectivity index (χ0n) is 24.6. The number of hydrogen-bond acceptors (Lipinski definition) is 5. The van der Waals surface area contributed by atoms with Crippen LogP contribution >= 0.6 is 0 Å². The molecule has 0 aromatic carbocycles. The van der Waals surface area contributed by atoms with Crippen LogP contribution in [0.5, 0.6) is 0 Å². The maximum Gasteiger partial charge on any atom is 0.303 e. The molecule has 5 aliphatic rings. The summed E-state index contributed by atoms with van der Waals surface area (Å²) in [6.45, 7) is 19.2. The molecule has 4 aliphatic carbocycles. The first-order valence-electron chi connectivity index (χ1n) is 14.8. The van der Waals surface area contributed by atoms with Crippen LogP contribution in [0.4, 0.5) is 0 Å². The molecule has 1 radical (unpaired) electrons. The molecular formula is C32H51O5. The SMILES string of the molecule is CC(=O)O[C@@H](C1C[C@@H](C)[C@H]2C([CH][C@@]3(C)C4CC[C@H]5C(C)(C)[C@@H](O)CC[C@]5(C)C4=CC[C@]23C)O1)C(C)(C)O. The Labute approximate surface area is 224 Å². The van der Waals surface area contributed by atoms with Crippen LogP contribution < -0.4 is 0 Å². The molecule has 0 aromatic heterocycles. The van der Waals surface area contributed by atoms with Crippen molar-refractivity contribution in [3.63, 3.8) is 0 Å². The Hall–Kier alpha value is -0.910. The van der Waals surface area contributed by atoms with Gasteiger partial charge in [-0.3, -0.25) is 4.79 Å². The van der Waals surface area contributed by atoms with Crippen molar-refractivity contribution < 1.29 is 24.5 Å². The summed E-state index contributed by atoms with van der Waals surface area (Å²) in [6.07, 6.45) is 9.95. The Morgan fingerprint density at radius 3 is 2.46 bits per heavy atom. The third-order valence-electron chi connectivity index (χ3n) is 12.4. The van der Waals surface area contributed by atoms with E-state index in [-0.39, 0.29) is 45.9 Å². The monoisotopic (exact) mass is 515 g/mol. The van der Waals surface area contributed by atoms with E-state index in [1.165, 1.54) is 6.92 Å². The molecule has 5 nitrogen and oxygen atoms in total. The summed E-state index contributed by atoms with van der Waals surface area (Å²) in [6, 6.07) is 0. The second-order valence-corrected chi connectivity index (χ2v) is 15.3. The fourth-order valence-electron chi connectivity index (χ4n) is 10.4. The zero-order chi connectivity index (χ0) is 27.3. The first-order chi connectivity index (χ1) is 17.0. The fourth-order valence-corrected chi connectivity index (χ4v) is 10.4. The Kier molecular flexibility index (Phi) is 6.38. The van der Waals surface area contributed by atoms with E-state index in [1.54, 1.807) is 19.4 Å². The van der Waals surface area contributed by atoms with Crippen molar-refractivity contribution in [3.05, 3.63) is 18.1 Å². The number of carbonyl (C=O) groups excluding carboxylic acids is 1. The van der Waals surface area contributed by atoms with E-state index in [0.29, 0.717) is 23.7 Å². The van der Waals surface area contributed by atoms with Crippen LogP contribution in [0.15, 0.2) is 11.6 Å². The van der Waals surface area contributed by atoms with Crippen molar-refractivity contribution in [2.45, 2.75) is 131 Å². The minimum Gasteiger partial charge on any atom is -0.457 e. The van der Waals surface area contributed by atoms with E-state index in [0.717, 1.165) is 38.5 Å². The quantitative estimate of drug-likeness (QED) is 0.363. The van der Waals surface area contributed by atoms with E-state index in [1.807, 2.05) is 0 Å². The lowest BCUT2D eigenvalue weighted by Gasteiger charge is -2.64. The predicted molar refractivity (Wildman–Crippen MR) is 144 cm³/mol. The molecule has 209 valence electrons. The molecule has 1 saturated heterocycles. The van der Waals surface area contributed by atoms with Gasteiger partial charge in [-0.15, -0.1) is 0 Å². The van der Waals surface area contributed by atoms with Gasteiger partial charge in [-0.2, -0.15) is 0 Å². The minimum atomic E-state index is -1.18. The van der Waals surface area contributed by atoms with Gasteiger partial charge in [0.1, 0.15) is 0 Å². The number of esters is 1. The van der Waals surface area contributed by atoms with Crippen LogP contribution in [0, 0.1) is 51.8 Å². The van der Waals surface area contributed by atoms with Gasteiger partial charge in [-0.05, 0) is 104 Å². The fraction of sp³-hybridized carbons (Fsp3) is 0.875. The van der Waals surface area contributed by atoms with Gasteiger partial charge in [-0.25, -0.2) is 0 Å². The van der Waals surface area contributed by atoms with Gasteiger partial charge in [-0.1, -0.05) is 53.2 Å². The summed E-state index contributed by atoms with van der Waals surface area (Å²) < 4.78 is 12.5. The van der Waals surface area contributed by atoms with Gasteiger partial charge < -0.3 is 19.7 Å². The number of hydrogen-bond donors (Lipinski definition) is 2. The average Bonchev–Trinajstić information content (AvgIpc) is 3.01. The van der Waals surface area contributed by atoms with Gasteiger partial charge >= 0.3 is 5.97 Å². The number of ether oxygens (including phenoxy) is 2. The Morgan fingerprint density at radius 2 is 1.84 bits per heavy atom. The summed E-state index contributed by atoms with van der Waals surface area (Å²) in [5, 5.41) is 21.8. The molecule has 0 aromatic rings. The first kappa shape index (κ1) is 27.6. The molecule has 1 aliphatic heterocycles. The van der Waals surface area contributed by atoms with Crippen LogP contribution in [-0.4, -0.2) is 46.2 Å². The summed E-state index contributed by atoms with van der Waals surface area (Å²) in [5.74, 6) is 1.38. The van der Waals surface area contributed by atoms with Crippen LogP contribution in [0.25, 0.3) is 0 Å². The highest BCUT2D eigenvalue weighted by molar-refractivity contribution is 5.66. The second kappa shape index (κ2) is 8.54. The molecule has 0 amide bonds. The third kappa shape index (κ3) is 3.84. The van der Waals surface area contributed by atoms with Gasteiger partial charge in [0, 0.05) is 6.92 Å². The molecular weight excluding hydrogens is 464 g/mol. The third-order valence-corrected chi connectivity index (χ3v) is 12.4. The van der Waals surface area contributed by atoms with Gasteiger partial charge in [0.2, 0.25) is 0 Å². The molecule has 5 heteroatoms. The average molecular weight is 516 g/mol. The minimum absolute atomic E-state index is 0.00934. The molecule has 5 rings (SSSR count). The Balaban J connectivity index is 1.47. The molecule has 1 heterocycles. The zero-order valence-corrected chi connectivity index (χ0v) is 24.6. The highest BCUT2D eigenvalue weighted by atomic mass is 16.6. The van der Waals surface area contributed by atoms with E-state index < -0.39 is 11.7 Å². The van der Waals surface area contributed by atoms with Crippen LogP contribution in [0.1, 0.15) is 101 Å². The van der Waals surface area contributed by atoms with Crippen LogP contribution in [0.3, 0.4) is 0 Å². The van der Waals surface area contributed by atoms with Crippen molar-refractivity contribution in [3.8, 4) is 0 Å². The van der Waals surface area contributed by atoms with Crippen molar-refractivity contribution >= 4 is 5.97 Å². The normalized spacial score (nSPS) is 49.6. The topological polar surface area (TPSA) is 76.0 Å². The lowest BCUT2D eigenvalue weighted by Crippen LogP contribution is -2.58. The number of carbonyl (C=O) groups is 1. The predicted octanol–water partition coefficient (Wildman–Crippen LogP) is 5.87. The molecule has 3 unspecified atom stereocenters. The van der Waals surface area contributed by atoms with E-state index in [2.05, 4.69) is 54.0 Å². The van der Waals surface area contributed by atoms with Gasteiger partial charge in [0.25, 0.3) is 0 Å². The molecule has 11 atom stereocenters. The summed E-state index contributed by atoms with van der Waals surface area (Å²) in [5.41, 5.74) is 0.624. The van der Waals surface area contributed by atoms with Crippen LogP contribution in [-0.2, 0) is 14.3 Å². The van der Waals surface area contributed by atoms with Crippen molar-refractivity contribution in [2.24, 2.45) is 45.3 Å². The first-order valence-corrected chi connectivity index (χ1v) is 14.8. The molecule has 0 bridgehead atoms. The van der Waals surface area contributed by atoms with E-state index in [9.17, 15) is 15.0 Å². The Morgan fingerprint density at radius 1 is 1.16 bits per heavy atom. The molecule has 3 saturated carbocycles. The Bertz CT molecular complexity index is 963. The summed E-state index contributed by atoms with van der Waals surface area (Å²) in [4.78, 5) is 11.9. The second-order valence-electron chi connectivity index (χ2n) is 15.3. The van der Waals surface area contributed by atoms with E-state index >= 15 is 0 Å². The van der Waals surface area contributed by atoms with Crippen LogP contribution in [0.2, 0.25) is 0 Å². The summed E-state index contributed by atoms with van der Waals surface area (Å²) in [7, 11) is 0. The maximum atomic E-state index is 11.9. The summed E-state index contributed by atoms with van der Waals surface area (Å²) >= 11 is 0. The molecule has 4 fully saturated rings. The number of allylic oxidation sites excluding steroid dienone is 2. The van der Waals surface area contributed by atoms with Crippen molar-refractivity contribution in [2.75, 3.05) is 0 Å². The number of fused-ring (bicyclic) bond motifs is 7. The highest BCUT2D eigenvalue weighted by Crippen LogP contribution is 2.73. The van der Waals surface area contributed by atoms with Crippen molar-refractivity contribution in [1.82, 2.24) is 0 Å². The molecule has 37 heavy (non-hydrogen) atoms. The van der Waals surface area contributed by atoms with E-state index in [4.69, 9.17) is 9.47 Å². The lowest BCUT2D eigenvalue weighted by atomic mass is 9.41.